The molecule has 142 valence electrons. The number of likely N-dealkylation sites (tertiary alicyclic amines) is 1. The lowest BCUT2D eigenvalue weighted by atomic mass is 9.82. The number of amides is 1. The lowest BCUT2D eigenvalue weighted by Gasteiger charge is -2.36. The maximum atomic E-state index is 13.1. The fraction of sp³-hybridized carbons (Fsp3) is 0.619. The number of hydrogen-bond acceptors (Lipinski definition) is 3. The van der Waals surface area contributed by atoms with E-state index in [2.05, 4.69) is 20.8 Å². The molecule has 0 aliphatic carbocycles. The van der Waals surface area contributed by atoms with Crippen molar-refractivity contribution in [1.82, 2.24) is 4.90 Å². The molecule has 1 N–H and O–H groups in total. The molecule has 1 amide bonds. The first-order chi connectivity index (χ1) is 12.3. The zero-order valence-electron chi connectivity index (χ0n) is 15.9. The van der Waals surface area contributed by atoms with Gasteiger partial charge in [0.05, 0.1) is 12.0 Å². The number of piperidine rings is 1. The molecule has 2 saturated heterocycles. The Balaban J connectivity index is 1.67. The van der Waals surface area contributed by atoms with Crippen molar-refractivity contribution in [3.05, 3.63) is 35.4 Å². The van der Waals surface area contributed by atoms with Crippen LogP contribution < -0.4 is 0 Å². The number of benzene rings is 1. The molecular formula is C21H29NO4. The topological polar surface area (TPSA) is 66.8 Å². The van der Waals surface area contributed by atoms with Gasteiger partial charge in [-0.05, 0) is 42.2 Å². The van der Waals surface area contributed by atoms with Gasteiger partial charge in [-0.25, -0.2) is 0 Å². The monoisotopic (exact) mass is 359 g/mol. The molecule has 0 saturated carbocycles. The molecule has 5 nitrogen and oxygen atoms in total. The summed E-state index contributed by atoms with van der Waals surface area (Å²) in [6.07, 6.45) is 2.00. The average Bonchev–Trinajstić information content (AvgIpc) is 3.10. The van der Waals surface area contributed by atoms with Crippen molar-refractivity contribution in [1.29, 1.82) is 0 Å². The van der Waals surface area contributed by atoms with E-state index < -0.39 is 11.9 Å². The van der Waals surface area contributed by atoms with Gasteiger partial charge in [-0.15, -0.1) is 0 Å². The number of carbonyl (C=O) groups is 2. The van der Waals surface area contributed by atoms with E-state index in [1.54, 1.807) is 0 Å². The van der Waals surface area contributed by atoms with Crippen LogP contribution in [-0.2, 0) is 14.9 Å². The van der Waals surface area contributed by atoms with Gasteiger partial charge >= 0.3 is 5.97 Å². The highest BCUT2D eigenvalue weighted by Gasteiger charge is 2.41. The normalized spacial score (nSPS) is 24.7. The number of aliphatic carboxylic acids is 1. The molecule has 2 aliphatic rings. The molecule has 2 atom stereocenters. The highest BCUT2D eigenvalue weighted by atomic mass is 16.5. The molecule has 1 unspecified atom stereocenters. The molecule has 2 fully saturated rings. The van der Waals surface area contributed by atoms with Crippen molar-refractivity contribution >= 4 is 11.9 Å². The van der Waals surface area contributed by atoms with Gasteiger partial charge in [0, 0.05) is 25.3 Å². The van der Waals surface area contributed by atoms with Crippen LogP contribution >= 0.6 is 0 Å². The van der Waals surface area contributed by atoms with Crippen LogP contribution in [0, 0.1) is 11.8 Å². The van der Waals surface area contributed by atoms with Crippen LogP contribution in [0.15, 0.2) is 24.3 Å². The Bertz CT molecular complexity index is 671. The first-order valence-electron chi connectivity index (χ1n) is 9.52. The molecule has 0 spiro atoms. The number of carbonyl (C=O) groups excluding carboxylic acids is 1. The van der Waals surface area contributed by atoms with Gasteiger partial charge in [0.25, 0.3) is 5.91 Å². The maximum absolute atomic E-state index is 13.1. The van der Waals surface area contributed by atoms with Crippen LogP contribution in [0.25, 0.3) is 0 Å². The Morgan fingerprint density at radius 3 is 2.38 bits per heavy atom. The molecule has 1 aromatic rings. The summed E-state index contributed by atoms with van der Waals surface area (Å²) in [5.74, 6) is -0.856. The van der Waals surface area contributed by atoms with Crippen molar-refractivity contribution in [2.24, 2.45) is 11.8 Å². The molecule has 0 bridgehead atoms. The van der Waals surface area contributed by atoms with E-state index >= 15 is 0 Å². The minimum atomic E-state index is -0.759. The van der Waals surface area contributed by atoms with Crippen LogP contribution in [-0.4, -0.2) is 47.7 Å². The molecule has 1 aromatic carbocycles. The van der Waals surface area contributed by atoms with Crippen molar-refractivity contribution in [3.63, 3.8) is 0 Å². The third-order valence-electron chi connectivity index (χ3n) is 5.71. The summed E-state index contributed by atoms with van der Waals surface area (Å²) >= 11 is 0. The van der Waals surface area contributed by atoms with E-state index in [0.29, 0.717) is 26.1 Å². The van der Waals surface area contributed by atoms with E-state index in [1.165, 1.54) is 0 Å². The molecule has 0 aromatic heterocycles. The SMILES string of the molecule is CC(C)(C)c1ccccc1C(=O)N1CCC([C@@H]2OCCC2C(=O)O)CC1. The minimum Gasteiger partial charge on any atom is -0.481 e. The molecular weight excluding hydrogens is 330 g/mol. The van der Waals surface area contributed by atoms with Gasteiger partial charge in [0.2, 0.25) is 0 Å². The van der Waals surface area contributed by atoms with E-state index in [-0.39, 0.29) is 23.3 Å². The third-order valence-corrected chi connectivity index (χ3v) is 5.71. The number of carboxylic acid groups (broad SMARTS) is 1. The van der Waals surface area contributed by atoms with Crippen LogP contribution in [0.3, 0.4) is 0 Å². The Labute approximate surface area is 155 Å². The number of rotatable bonds is 3. The molecule has 2 heterocycles. The summed E-state index contributed by atoms with van der Waals surface area (Å²) in [4.78, 5) is 26.4. The van der Waals surface area contributed by atoms with Crippen molar-refractivity contribution in [2.45, 2.75) is 51.6 Å². The molecule has 2 aliphatic heterocycles. The standard InChI is InChI=1S/C21H29NO4/c1-21(2,3)17-7-5-4-6-15(17)19(23)22-11-8-14(9-12-22)18-16(20(24)25)10-13-26-18/h4-7,14,16,18H,8-13H2,1-3H3,(H,24,25)/t16?,18-/m0/s1. The Kier molecular flexibility index (Phi) is 5.37. The minimum absolute atomic E-state index is 0.0797. The van der Waals surface area contributed by atoms with Gasteiger partial charge in [0.1, 0.15) is 0 Å². The van der Waals surface area contributed by atoms with Gasteiger partial charge in [0.15, 0.2) is 0 Å². The molecule has 5 heteroatoms. The van der Waals surface area contributed by atoms with Crippen molar-refractivity contribution in [2.75, 3.05) is 19.7 Å². The van der Waals surface area contributed by atoms with Gasteiger partial charge in [-0.2, -0.15) is 0 Å². The van der Waals surface area contributed by atoms with Gasteiger partial charge in [-0.3, -0.25) is 9.59 Å². The van der Waals surface area contributed by atoms with Gasteiger partial charge in [-0.1, -0.05) is 39.0 Å². The zero-order valence-corrected chi connectivity index (χ0v) is 15.9. The predicted molar refractivity (Wildman–Crippen MR) is 99.3 cm³/mol. The highest BCUT2D eigenvalue weighted by molar-refractivity contribution is 5.96. The highest BCUT2D eigenvalue weighted by Crippen LogP contribution is 2.34. The Hall–Kier alpha value is -1.88. The molecule has 26 heavy (non-hydrogen) atoms. The number of hydrogen-bond donors (Lipinski definition) is 1. The summed E-state index contributed by atoms with van der Waals surface area (Å²) in [5.41, 5.74) is 1.76. The number of carboxylic acids is 1. The third kappa shape index (κ3) is 3.78. The fourth-order valence-electron chi connectivity index (χ4n) is 4.27. The number of nitrogens with zero attached hydrogens (tertiary/aromatic N) is 1. The maximum Gasteiger partial charge on any atom is 0.309 e. The van der Waals surface area contributed by atoms with Crippen LogP contribution in [0.5, 0.6) is 0 Å². The lowest BCUT2D eigenvalue weighted by molar-refractivity contribution is -0.145. The van der Waals surface area contributed by atoms with Gasteiger partial charge < -0.3 is 14.7 Å². The first-order valence-corrected chi connectivity index (χ1v) is 9.52. The predicted octanol–water partition coefficient (Wildman–Crippen LogP) is 3.33. The zero-order chi connectivity index (χ0) is 18.9. The average molecular weight is 359 g/mol. The lowest BCUT2D eigenvalue weighted by Crippen LogP contribution is -2.43. The summed E-state index contributed by atoms with van der Waals surface area (Å²) in [5, 5.41) is 9.37. The largest absolute Gasteiger partial charge is 0.481 e. The molecule has 3 rings (SSSR count). The van der Waals surface area contributed by atoms with E-state index in [1.807, 2.05) is 29.2 Å². The summed E-state index contributed by atoms with van der Waals surface area (Å²) in [6, 6.07) is 7.84. The quantitative estimate of drug-likeness (QED) is 0.899. The van der Waals surface area contributed by atoms with Crippen LogP contribution in [0.1, 0.15) is 56.0 Å². The smallest absolute Gasteiger partial charge is 0.309 e. The van der Waals surface area contributed by atoms with E-state index in [9.17, 15) is 14.7 Å². The van der Waals surface area contributed by atoms with Crippen molar-refractivity contribution in [3.8, 4) is 0 Å². The van der Waals surface area contributed by atoms with Crippen LogP contribution in [0.2, 0.25) is 0 Å². The Morgan fingerprint density at radius 2 is 1.77 bits per heavy atom. The second-order valence-electron chi connectivity index (χ2n) is 8.49. The Morgan fingerprint density at radius 1 is 1.12 bits per heavy atom. The molecule has 0 radical (unpaired) electrons. The number of ether oxygens (including phenoxy) is 1. The second kappa shape index (κ2) is 7.39. The second-order valence-corrected chi connectivity index (χ2v) is 8.49. The van der Waals surface area contributed by atoms with E-state index in [4.69, 9.17) is 4.74 Å². The van der Waals surface area contributed by atoms with Crippen LogP contribution in [0.4, 0.5) is 0 Å². The van der Waals surface area contributed by atoms with E-state index in [0.717, 1.165) is 24.0 Å². The fourth-order valence-corrected chi connectivity index (χ4v) is 4.27. The summed E-state index contributed by atoms with van der Waals surface area (Å²) < 4.78 is 5.73. The first kappa shape index (κ1) is 18.9. The summed E-state index contributed by atoms with van der Waals surface area (Å²) in [7, 11) is 0. The summed E-state index contributed by atoms with van der Waals surface area (Å²) in [6.45, 7) is 8.21. The van der Waals surface area contributed by atoms with Crippen molar-refractivity contribution < 1.29 is 19.4 Å².